The predicted molar refractivity (Wildman–Crippen MR) is 94.5 cm³/mol. The molecule has 1 aromatic heterocycles. The van der Waals surface area contributed by atoms with Gasteiger partial charge >= 0.3 is 6.18 Å². The molecule has 1 N–H and O–H groups in total. The van der Waals surface area contributed by atoms with E-state index in [1.54, 1.807) is 11.8 Å². The first-order valence-corrected chi connectivity index (χ1v) is 8.76. The van der Waals surface area contributed by atoms with Gasteiger partial charge in [-0.25, -0.2) is 9.98 Å². The second-order valence-electron chi connectivity index (χ2n) is 5.96. The number of hydrogen-bond donors (Lipinski definition) is 1. The number of rotatable bonds is 5. The Morgan fingerprint density at radius 1 is 1.26 bits per heavy atom. The number of carbonyl (C=O) groups is 1. The van der Waals surface area contributed by atoms with Crippen LogP contribution in [0.15, 0.2) is 23.3 Å². The van der Waals surface area contributed by atoms with Crippen LogP contribution in [0.5, 0.6) is 5.88 Å². The molecule has 10 heteroatoms. The molecular formula is C17H24F3N5O2. The van der Waals surface area contributed by atoms with E-state index in [1.807, 2.05) is 6.92 Å². The van der Waals surface area contributed by atoms with Crippen LogP contribution in [0.4, 0.5) is 13.2 Å². The molecule has 1 saturated heterocycles. The zero-order chi connectivity index (χ0) is 19.9. The van der Waals surface area contributed by atoms with E-state index in [2.05, 4.69) is 20.2 Å². The first kappa shape index (κ1) is 20.8. The molecule has 1 aliphatic rings. The maximum atomic E-state index is 12.5. The number of aliphatic imine (C=N–C) groups is 1. The largest absolute Gasteiger partial charge is 0.476 e. The average molecular weight is 387 g/mol. The number of nitrogens with zero attached hydrogens (tertiary/aromatic N) is 4. The molecule has 7 nitrogen and oxygen atoms in total. The standard InChI is InChI=1S/C17H24F3N5O2/c1-3-21-16(25-9-7-24(8-10-25)13(2)26)22-6-11-27-15-5-4-14(12-23-15)17(18,19)20/h4-5,12H,3,6-11H2,1-2H3,(H,21,22). The molecule has 0 atom stereocenters. The number of hydrogen-bond acceptors (Lipinski definition) is 4. The van der Waals surface area contributed by atoms with Crippen LogP contribution in [0, 0.1) is 0 Å². The van der Waals surface area contributed by atoms with E-state index >= 15 is 0 Å². The van der Waals surface area contributed by atoms with E-state index in [4.69, 9.17) is 4.74 Å². The van der Waals surface area contributed by atoms with Crippen LogP contribution in [0.3, 0.4) is 0 Å². The summed E-state index contributed by atoms with van der Waals surface area (Å²) in [6, 6.07) is 2.13. The van der Waals surface area contributed by atoms with Crippen molar-refractivity contribution in [1.29, 1.82) is 0 Å². The lowest BCUT2D eigenvalue weighted by Gasteiger charge is -2.36. The Hall–Kier alpha value is -2.52. The highest BCUT2D eigenvalue weighted by Gasteiger charge is 2.30. The van der Waals surface area contributed by atoms with E-state index in [1.165, 1.54) is 6.07 Å². The van der Waals surface area contributed by atoms with Gasteiger partial charge in [-0.2, -0.15) is 13.2 Å². The first-order valence-electron chi connectivity index (χ1n) is 8.76. The summed E-state index contributed by atoms with van der Waals surface area (Å²) in [5.74, 6) is 0.914. The van der Waals surface area contributed by atoms with Crippen molar-refractivity contribution in [2.45, 2.75) is 20.0 Å². The second-order valence-corrected chi connectivity index (χ2v) is 5.96. The molecule has 0 unspecified atom stereocenters. The number of piperazine rings is 1. The molecule has 1 fully saturated rings. The SMILES string of the molecule is CCNC(=NCCOc1ccc(C(F)(F)F)cn1)N1CCN(C(C)=O)CC1. The molecule has 1 amide bonds. The molecule has 150 valence electrons. The van der Waals surface area contributed by atoms with E-state index < -0.39 is 11.7 Å². The third kappa shape index (κ3) is 6.30. The Morgan fingerprint density at radius 3 is 2.44 bits per heavy atom. The van der Waals surface area contributed by atoms with Crippen LogP contribution >= 0.6 is 0 Å². The lowest BCUT2D eigenvalue weighted by atomic mass is 10.3. The summed E-state index contributed by atoms with van der Waals surface area (Å²) in [6.45, 7) is 7.41. The number of nitrogens with one attached hydrogen (secondary N) is 1. The van der Waals surface area contributed by atoms with Gasteiger partial charge in [0.15, 0.2) is 5.96 Å². The van der Waals surface area contributed by atoms with Crippen molar-refractivity contribution in [2.24, 2.45) is 4.99 Å². The van der Waals surface area contributed by atoms with Gasteiger partial charge in [-0.15, -0.1) is 0 Å². The number of carbonyl (C=O) groups excluding carboxylic acids is 1. The van der Waals surface area contributed by atoms with Crippen LogP contribution in [-0.4, -0.2) is 72.5 Å². The van der Waals surface area contributed by atoms with Gasteiger partial charge < -0.3 is 19.9 Å². The average Bonchev–Trinajstić information content (AvgIpc) is 2.64. The number of alkyl halides is 3. The molecule has 0 aromatic carbocycles. The van der Waals surface area contributed by atoms with E-state index in [0.29, 0.717) is 39.3 Å². The molecule has 0 bridgehead atoms. The van der Waals surface area contributed by atoms with Crippen molar-refractivity contribution in [3.8, 4) is 5.88 Å². The number of pyridine rings is 1. The molecule has 0 radical (unpaired) electrons. The molecule has 0 aliphatic carbocycles. The van der Waals surface area contributed by atoms with Crippen molar-refractivity contribution in [1.82, 2.24) is 20.1 Å². The molecule has 2 heterocycles. The summed E-state index contributed by atoms with van der Waals surface area (Å²) in [6.07, 6.45) is -3.67. The maximum Gasteiger partial charge on any atom is 0.417 e. The molecule has 1 aliphatic heterocycles. The van der Waals surface area contributed by atoms with Gasteiger partial charge in [0, 0.05) is 51.9 Å². The zero-order valence-corrected chi connectivity index (χ0v) is 15.4. The Morgan fingerprint density at radius 2 is 1.93 bits per heavy atom. The van der Waals surface area contributed by atoms with Gasteiger partial charge in [0.05, 0.1) is 12.1 Å². The smallest absolute Gasteiger partial charge is 0.417 e. The van der Waals surface area contributed by atoms with Gasteiger partial charge in [-0.3, -0.25) is 4.79 Å². The van der Waals surface area contributed by atoms with Crippen molar-refractivity contribution in [3.63, 3.8) is 0 Å². The van der Waals surface area contributed by atoms with E-state index in [9.17, 15) is 18.0 Å². The number of ether oxygens (including phenoxy) is 1. The van der Waals surface area contributed by atoms with Crippen LogP contribution < -0.4 is 10.1 Å². The summed E-state index contributed by atoms with van der Waals surface area (Å²) in [5.41, 5.74) is -0.813. The van der Waals surface area contributed by atoms with E-state index in [-0.39, 0.29) is 18.4 Å². The highest BCUT2D eigenvalue weighted by atomic mass is 19.4. The van der Waals surface area contributed by atoms with Crippen LogP contribution in [-0.2, 0) is 11.0 Å². The van der Waals surface area contributed by atoms with Crippen LogP contribution in [0.25, 0.3) is 0 Å². The van der Waals surface area contributed by atoms with Crippen molar-refractivity contribution < 1.29 is 22.7 Å². The molecule has 1 aromatic rings. The van der Waals surface area contributed by atoms with Gasteiger partial charge in [0.1, 0.15) is 6.61 Å². The van der Waals surface area contributed by atoms with Crippen LogP contribution in [0.2, 0.25) is 0 Å². The number of amides is 1. The highest BCUT2D eigenvalue weighted by Crippen LogP contribution is 2.29. The third-order valence-electron chi connectivity index (χ3n) is 4.03. The summed E-state index contributed by atoms with van der Waals surface area (Å²) < 4.78 is 42.9. The van der Waals surface area contributed by atoms with Crippen molar-refractivity contribution >= 4 is 11.9 Å². The Kier molecular flexibility index (Phi) is 7.26. The lowest BCUT2D eigenvalue weighted by molar-refractivity contribution is -0.137. The molecule has 0 spiro atoms. The van der Waals surface area contributed by atoms with Gasteiger partial charge in [0.2, 0.25) is 11.8 Å². The number of halogens is 3. The first-order chi connectivity index (χ1) is 12.8. The van der Waals surface area contributed by atoms with Gasteiger partial charge in [-0.05, 0) is 13.0 Å². The zero-order valence-electron chi connectivity index (χ0n) is 15.4. The molecule has 2 rings (SSSR count). The monoisotopic (exact) mass is 387 g/mol. The summed E-state index contributed by atoms with van der Waals surface area (Å²) in [5, 5.41) is 3.20. The van der Waals surface area contributed by atoms with Crippen molar-refractivity contribution in [2.75, 3.05) is 45.9 Å². The minimum atomic E-state index is -4.41. The van der Waals surface area contributed by atoms with Gasteiger partial charge in [0.25, 0.3) is 0 Å². The predicted octanol–water partition coefficient (Wildman–Crippen LogP) is 1.61. The minimum Gasteiger partial charge on any atom is -0.476 e. The van der Waals surface area contributed by atoms with Gasteiger partial charge in [-0.1, -0.05) is 0 Å². The third-order valence-corrected chi connectivity index (χ3v) is 4.03. The molecule has 27 heavy (non-hydrogen) atoms. The Bertz CT molecular complexity index is 641. The Labute approximate surface area is 156 Å². The fourth-order valence-corrected chi connectivity index (χ4v) is 2.59. The minimum absolute atomic E-state index is 0.0639. The summed E-state index contributed by atoms with van der Waals surface area (Å²) in [4.78, 5) is 23.4. The normalized spacial score (nSPS) is 15.7. The molecular weight excluding hydrogens is 363 g/mol. The summed E-state index contributed by atoms with van der Waals surface area (Å²) >= 11 is 0. The van der Waals surface area contributed by atoms with E-state index in [0.717, 1.165) is 18.2 Å². The second kappa shape index (κ2) is 9.43. The molecule has 0 saturated carbocycles. The Balaban J connectivity index is 1.84. The summed E-state index contributed by atoms with van der Waals surface area (Å²) in [7, 11) is 0. The topological polar surface area (TPSA) is 70.1 Å². The van der Waals surface area contributed by atoms with Crippen molar-refractivity contribution in [3.05, 3.63) is 23.9 Å². The fourth-order valence-electron chi connectivity index (χ4n) is 2.59. The number of aromatic nitrogens is 1. The highest BCUT2D eigenvalue weighted by molar-refractivity contribution is 5.80. The quantitative estimate of drug-likeness (QED) is 0.472. The number of guanidine groups is 1. The lowest BCUT2D eigenvalue weighted by Crippen LogP contribution is -2.53. The fraction of sp³-hybridized carbons (Fsp3) is 0.588. The van der Waals surface area contributed by atoms with Crippen LogP contribution in [0.1, 0.15) is 19.4 Å². The maximum absolute atomic E-state index is 12.5.